The molecule has 5 heteroatoms. The van der Waals surface area contributed by atoms with Gasteiger partial charge in [-0.15, -0.1) is 0 Å². The summed E-state index contributed by atoms with van der Waals surface area (Å²) in [5, 5.41) is 0. The summed E-state index contributed by atoms with van der Waals surface area (Å²) in [6, 6.07) is 0. The Bertz CT molecular complexity index is 11.6. The van der Waals surface area contributed by atoms with Gasteiger partial charge in [-0.2, -0.15) is 0 Å². The van der Waals surface area contributed by atoms with E-state index in [4.69, 9.17) is 16.9 Å². The molecule has 0 aliphatic rings. The van der Waals surface area contributed by atoms with Crippen molar-refractivity contribution in [2.24, 2.45) is 0 Å². The molecule has 0 saturated heterocycles. The maximum atomic E-state index is 5.02. The van der Waals surface area contributed by atoms with Crippen molar-refractivity contribution in [1.82, 2.24) is 0 Å². The third kappa shape index (κ3) is 19.2. The second kappa shape index (κ2) is 7.13. The number of hydrogen-bond acceptors (Lipinski definition) is 0. The minimum atomic E-state index is -2.24. The smallest absolute Gasteiger partial charge is 0 e. The first kappa shape index (κ1) is 11.0. The summed E-state index contributed by atoms with van der Waals surface area (Å²) in [6.45, 7) is 0. The van der Waals surface area contributed by atoms with Crippen LogP contribution in [0.25, 0.3) is 0 Å². The molecule has 0 aromatic heterocycles. The minimum Gasteiger partial charge on any atom is 0 e. The van der Waals surface area contributed by atoms with Gasteiger partial charge in [0.05, 0.1) is 0 Å². The molecule has 0 amide bonds. The van der Waals surface area contributed by atoms with Crippen LogP contribution in [0.2, 0.25) is 0 Å². The molecule has 0 unspecified atom stereocenters. The van der Waals surface area contributed by atoms with Gasteiger partial charge in [-0.25, -0.2) is 0 Å². The number of hydrogen-bond donors (Lipinski definition) is 0. The Morgan fingerprint density at radius 1 is 1.00 bits per heavy atom. The molecule has 0 bridgehead atoms. The van der Waals surface area contributed by atoms with E-state index in [2.05, 4.69) is 0 Å². The standard InChI is InChI=1S/Ce.3ClH.Zr/h;3*1H;/q+3;;;;/p-3. The van der Waals surface area contributed by atoms with Gasteiger partial charge in [0.15, 0.2) is 0 Å². The molecule has 0 spiro atoms. The van der Waals surface area contributed by atoms with Crippen molar-refractivity contribution in [3.05, 3.63) is 0 Å². The molecule has 0 fully saturated rings. The Morgan fingerprint density at radius 2 is 1.00 bits per heavy atom. The molecule has 0 radical (unpaired) electrons. The van der Waals surface area contributed by atoms with Crippen LogP contribution in [0.1, 0.15) is 0 Å². The molecule has 0 atom stereocenters. The number of halogens is 3. The van der Waals surface area contributed by atoms with Crippen LogP contribution >= 0.6 is 16.9 Å². The van der Waals surface area contributed by atoms with Crippen molar-refractivity contribution in [3.8, 4) is 0 Å². The average molecular weight is 338 g/mol. The van der Waals surface area contributed by atoms with Crippen LogP contribution < -0.4 is 0 Å². The average Bonchev–Trinajstić information content (AvgIpc) is 0.811. The van der Waals surface area contributed by atoms with E-state index in [9.17, 15) is 0 Å². The van der Waals surface area contributed by atoms with Crippen LogP contribution in [0.4, 0.5) is 0 Å². The van der Waals surface area contributed by atoms with Gasteiger partial charge < -0.3 is 0 Å². The Hall–Kier alpha value is 3.13. The molecular formula is CeCl3Zr. The molecular weight excluding hydrogens is 338 g/mol. The largest absolute Gasteiger partial charge is 0 e. The zero-order valence-electron chi connectivity index (χ0n) is 2.13. The van der Waals surface area contributed by atoms with Crippen molar-refractivity contribution in [1.29, 1.82) is 0 Å². The molecule has 0 aliphatic carbocycles. The van der Waals surface area contributed by atoms with Crippen molar-refractivity contribution in [2.75, 3.05) is 0 Å². The van der Waals surface area contributed by atoms with Crippen LogP contribution in [-0.4, -0.2) is 0 Å². The SMILES string of the molecule is [Cl][Ce]([Cl])[Cl].[Zr]. The first-order valence-corrected chi connectivity index (χ1v) is 12.4. The van der Waals surface area contributed by atoms with E-state index in [1.807, 2.05) is 0 Å². The van der Waals surface area contributed by atoms with Gasteiger partial charge in [0.1, 0.15) is 0 Å². The van der Waals surface area contributed by atoms with Crippen molar-refractivity contribution >= 4 is 16.9 Å². The van der Waals surface area contributed by atoms with Crippen LogP contribution in [0.15, 0.2) is 0 Å². The number of rotatable bonds is 0. The molecule has 0 heterocycles. The molecule has 0 saturated carbocycles. The summed E-state index contributed by atoms with van der Waals surface area (Å²) < 4.78 is 0. The normalized spacial score (nSPS) is 5.40. The topological polar surface area (TPSA) is 0 Å². The van der Waals surface area contributed by atoms with Crippen molar-refractivity contribution in [3.63, 3.8) is 0 Å². The van der Waals surface area contributed by atoms with Crippen molar-refractivity contribution in [2.45, 2.75) is 0 Å². The maximum Gasteiger partial charge on any atom is 0 e. The summed E-state index contributed by atoms with van der Waals surface area (Å²) in [4.78, 5) is 0. The van der Waals surface area contributed by atoms with Gasteiger partial charge in [-0.3, -0.25) is 0 Å². The van der Waals surface area contributed by atoms with E-state index in [1.165, 1.54) is 0 Å². The van der Waals surface area contributed by atoms with Gasteiger partial charge in [0.25, 0.3) is 0 Å². The van der Waals surface area contributed by atoms with Gasteiger partial charge in [-0.05, 0) is 0 Å². The summed E-state index contributed by atoms with van der Waals surface area (Å²) in [6.07, 6.45) is 0. The van der Waals surface area contributed by atoms with E-state index >= 15 is 0 Å². The Kier molecular flexibility index (Phi) is 15.7. The Balaban J connectivity index is 0. The van der Waals surface area contributed by atoms with Crippen molar-refractivity contribution < 1.29 is 56.9 Å². The molecule has 29 valence electrons. The predicted molar refractivity (Wildman–Crippen MR) is 17.6 cm³/mol. The monoisotopic (exact) mass is 335 g/mol. The zero-order valence-corrected chi connectivity index (χ0v) is 10.00. The second-order valence-corrected chi connectivity index (χ2v) is 14.0. The summed E-state index contributed by atoms with van der Waals surface area (Å²) in [7, 11) is 0. The third-order valence-electron chi connectivity index (χ3n) is 0. The molecule has 5 heavy (non-hydrogen) atoms. The molecule has 0 nitrogen and oxygen atoms in total. The van der Waals surface area contributed by atoms with Crippen LogP contribution in [0.3, 0.4) is 0 Å². The van der Waals surface area contributed by atoms with Gasteiger partial charge in [0.2, 0.25) is 0 Å². The Morgan fingerprint density at radius 3 is 1.00 bits per heavy atom. The van der Waals surface area contributed by atoms with E-state index in [0.717, 1.165) is 0 Å². The molecule has 0 aromatic rings. The summed E-state index contributed by atoms with van der Waals surface area (Å²) >= 11 is -2.24. The van der Waals surface area contributed by atoms with Crippen LogP contribution in [0.5, 0.6) is 0 Å². The zero-order chi connectivity index (χ0) is 3.58. The summed E-state index contributed by atoms with van der Waals surface area (Å²) in [5.41, 5.74) is 15.1. The van der Waals surface area contributed by atoms with E-state index in [1.54, 1.807) is 0 Å². The second-order valence-electron chi connectivity index (χ2n) is 0.214. The fraction of sp³-hybridized carbons (Fsp3) is 0. The fourth-order valence-electron chi connectivity index (χ4n) is 0. The molecule has 0 N–H and O–H groups in total. The quantitative estimate of drug-likeness (QED) is 0.635. The van der Waals surface area contributed by atoms with Gasteiger partial charge >= 0.3 is 47.6 Å². The van der Waals surface area contributed by atoms with E-state index < -0.39 is 30.7 Å². The summed E-state index contributed by atoms with van der Waals surface area (Å²) in [5.74, 6) is 0. The third-order valence-corrected chi connectivity index (χ3v) is 0. The van der Waals surface area contributed by atoms with Gasteiger partial charge in [-0.1, -0.05) is 0 Å². The van der Waals surface area contributed by atoms with Crippen LogP contribution in [0, 0.1) is 30.7 Å². The fourth-order valence-corrected chi connectivity index (χ4v) is 0. The first-order valence-electron chi connectivity index (χ1n) is 0.567. The predicted octanol–water partition coefficient (Wildman–Crippen LogP) is 2.07. The minimum absolute atomic E-state index is 0. The van der Waals surface area contributed by atoms with Gasteiger partial charge in [0, 0.05) is 26.2 Å². The first-order chi connectivity index (χ1) is 1.73. The molecule has 0 rings (SSSR count). The van der Waals surface area contributed by atoms with Crippen LogP contribution in [-0.2, 0) is 26.2 Å². The Labute approximate surface area is 71.5 Å². The molecule has 0 aliphatic heterocycles. The molecule has 0 aromatic carbocycles. The maximum absolute atomic E-state index is 5.02. The van der Waals surface area contributed by atoms with E-state index in [-0.39, 0.29) is 26.2 Å². The van der Waals surface area contributed by atoms with E-state index in [0.29, 0.717) is 0 Å².